The summed E-state index contributed by atoms with van der Waals surface area (Å²) < 4.78 is 6.51. The first-order valence-electron chi connectivity index (χ1n) is 4.89. The van der Waals surface area contributed by atoms with E-state index in [9.17, 15) is 9.59 Å². The Morgan fingerprint density at radius 2 is 2.35 bits per heavy atom. The van der Waals surface area contributed by atoms with Crippen molar-refractivity contribution in [2.45, 2.75) is 13.5 Å². The fourth-order valence-corrected chi connectivity index (χ4v) is 1.82. The van der Waals surface area contributed by atoms with E-state index in [2.05, 4.69) is 5.10 Å². The van der Waals surface area contributed by atoms with E-state index >= 15 is 0 Å². The molecule has 0 unspecified atom stereocenters. The van der Waals surface area contributed by atoms with Gasteiger partial charge in [0.15, 0.2) is 5.75 Å². The lowest BCUT2D eigenvalue weighted by atomic mass is 10.2. The van der Waals surface area contributed by atoms with E-state index in [1.54, 1.807) is 12.3 Å². The van der Waals surface area contributed by atoms with Crippen LogP contribution >= 0.6 is 11.6 Å². The Morgan fingerprint density at radius 3 is 3.00 bits per heavy atom. The van der Waals surface area contributed by atoms with Gasteiger partial charge in [0.05, 0.1) is 12.7 Å². The van der Waals surface area contributed by atoms with Crippen molar-refractivity contribution in [3.8, 4) is 5.75 Å². The molecule has 2 rings (SSSR count). The van der Waals surface area contributed by atoms with E-state index in [0.29, 0.717) is 16.3 Å². The van der Waals surface area contributed by atoms with E-state index in [-0.39, 0.29) is 6.54 Å². The Kier molecular flexibility index (Phi) is 3.10. The van der Waals surface area contributed by atoms with Crippen LogP contribution in [0.25, 0.3) is 10.9 Å². The maximum absolute atomic E-state index is 11.0. The zero-order valence-corrected chi connectivity index (χ0v) is 9.77. The molecule has 0 saturated heterocycles. The Labute approximate surface area is 102 Å². The van der Waals surface area contributed by atoms with Gasteiger partial charge in [0.1, 0.15) is 11.8 Å². The fourth-order valence-electron chi connectivity index (χ4n) is 1.60. The van der Waals surface area contributed by atoms with Crippen molar-refractivity contribution in [1.29, 1.82) is 0 Å². The lowest BCUT2D eigenvalue weighted by Crippen LogP contribution is -2.06. The van der Waals surface area contributed by atoms with Crippen LogP contribution in [0.1, 0.15) is 6.92 Å². The number of ether oxygens (including phenoxy) is 1. The average Bonchev–Trinajstić information content (AvgIpc) is 2.61. The summed E-state index contributed by atoms with van der Waals surface area (Å²) in [6.07, 6.45) is 2.29. The Morgan fingerprint density at radius 1 is 1.59 bits per heavy atom. The smallest absolute Gasteiger partial charge is 0.308 e. The first-order valence-corrected chi connectivity index (χ1v) is 5.26. The number of carbonyl (C=O) groups excluding carboxylic acids is 2. The van der Waals surface area contributed by atoms with Crippen molar-refractivity contribution < 1.29 is 14.3 Å². The first-order chi connectivity index (χ1) is 8.11. The molecule has 1 heterocycles. The summed E-state index contributed by atoms with van der Waals surface area (Å²) in [5.41, 5.74) is 0.580. The number of nitrogens with zero attached hydrogens (tertiary/aromatic N) is 2. The zero-order chi connectivity index (χ0) is 12.4. The predicted molar refractivity (Wildman–Crippen MR) is 62.1 cm³/mol. The number of hydrogen-bond acceptors (Lipinski definition) is 4. The Bertz CT molecular complexity index is 592. The fraction of sp³-hybridized carbons (Fsp3) is 0.182. The minimum atomic E-state index is -0.451. The topological polar surface area (TPSA) is 61.2 Å². The molecule has 17 heavy (non-hydrogen) atoms. The van der Waals surface area contributed by atoms with Crippen molar-refractivity contribution in [1.82, 2.24) is 9.78 Å². The van der Waals surface area contributed by atoms with Gasteiger partial charge in [-0.2, -0.15) is 5.10 Å². The Hall–Kier alpha value is -1.88. The molecule has 0 N–H and O–H groups in total. The van der Waals surface area contributed by atoms with Gasteiger partial charge in [-0.25, -0.2) is 0 Å². The van der Waals surface area contributed by atoms with Crippen molar-refractivity contribution in [2.24, 2.45) is 0 Å². The molecular weight excluding hydrogens is 244 g/mol. The molecule has 88 valence electrons. The van der Waals surface area contributed by atoms with Crippen LogP contribution in [0.15, 0.2) is 18.3 Å². The van der Waals surface area contributed by atoms with Crippen LogP contribution < -0.4 is 4.74 Å². The molecule has 0 atom stereocenters. The normalized spacial score (nSPS) is 10.5. The number of fused-ring (bicyclic) bond motifs is 1. The molecule has 0 aliphatic rings. The number of aromatic nitrogens is 2. The molecule has 0 aliphatic carbocycles. The molecule has 1 aromatic carbocycles. The monoisotopic (exact) mass is 252 g/mol. The maximum Gasteiger partial charge on any atom is 0.308 e. The van der Waals surface area contributed by atoms with E-state index in [1.165, 1.54) is 17.7 Å². The van der Waals surface area contributed by atoms with E-state index in [0.717, 1.165) is 11.7 Å². The van der Waals surface area contributed by atoms with Gasteiger partial charge in [0, 0.05) is 23.4 Å². The number of hydrogen-bond donors (Lipinski definition) is 0. The highest BCUT2D eigenvalue weighted by Gasteiger charge is 2.12. The summed E-state index contributed by atoms with van der Waals surface area (Å²) >= 11 is 5.90. The summed E-state index contributed by atoms with van der Waals surface area (Å²) in [7, 11) is 0. The highest BCUT2D eigenvalue weighted by atomic mass is 35.5. The zero-order valence-electron chi connectivity index (χ0n) is 9.01. The van der Waals surface area contributed by atoms with Crippen LogP contribution in [0, 0.1) is 0 Å². The standard InChI is InChI=1S/C11H9ClN2O3/c1-7(16)17-10-5-9(12)4-8-6-13-14(2-3-15)11(8)10/h3-6H,2H2,1H3. The van der Waals surface area contributed by atoms with Crippen LogP contribution in [0.5, 0.6) is 5.75 Å². The van der Waals surface area contributed by atoms with E-state index in [1.807, 2.05) is 0 Å². The van der Waals surface area contributed by atoms with Gasteiger partial charge in [0.2, 0.25) is 0 Å². The first kappa shape index (κ1) is 11.6. The summed E-state index contributed by atoms with van der Waals surface area (Å²) in [5.74, 6) is -0.147. The highest BCUT2D eigenvalue weighted by Crippen LogP contribution is 2.29. The van der Waals surface area contributed by atoms with Gasteiger partial charge < -0.3 is 9.53 Å². The molecule has 0 aliphatic heterocycles. The SMILES string of the molecule is CC(=O)Oc1cc(Cl)cc2cnn(CC=O)c12. The quantitative estimate of drug-likeness (QED) is 0.475. The number of benzene rings is 1. The van der Waals surface area contributed by atoms with Crippen LogP contribution in [0.3, 0.4) is 0 Å². The molecule has 0 amide bonds. The Balaban J connectivity index is 2.64. The highest BCUT2D eigenvalue weighted by molar-refractivity contribution is 6.31. The molecular formula is C11H9ClN2O3. The number of carbonyl (C=O) groups is 2. The second kappa shape index (κ2) is 4.55. The van der Waals surface area contributed by atoms with E-state index in [4.69, 9.17) is 16.3 Å². The van der Waals surface area contributed by atoms with E-state index < -0.39 is 5.97 Å². The minimum absolute atomic E-state index is 0.0966. The molecule has 2 aromatic rings. The van der Waals surface area contributed by atoms with Gasteiger partial charge >= 0.3 is 5.97 Å². The third kappa shape index (κ3) is 2.29. The summed E-state index contributed by atoms with van der Waals surface area (Å²) in [5, 5.41) is 5.19. The average molecular weight is 253 g/mol. The van der Waals surface area contributed by atoms with Gasteiger partial charge in [0.25, 0.3) is 0 Å². The van der Waals surface area contributed by atoms with Gasteiger partial charge in [-0.3, -0.25) is 9.48 Å². The van der Waals surface area contributed by atoms with Crippen LogP contribution in [-0.2, 0) is 16.1 Å². The second-order valence-corrected chi connectivity index (χ2v) is 3.87. The van der Waals surface area contributed by atoms with Crippen LogP contribution in [0.2, 0.25) is 5.02 Å². The lowest BCUT2D eigenvalue weighted by Gasteiger charge is -2.06. The second-order valence-electron chi connectivity index (χ2n) is 3.43. The summed E-state index contributed by atoms with van der Waals surface area (Å²) in [6.45, 7) is 1.40. The number of rotatable bonds is 3. The lowest BCUT2D eigenvalue weighted by molar-refractivity contribution is -0.131. The van der Waals surface area contributed by atoms with Crippen molar-refractivity contribution >= 4 is 34.8 Å². The maximum atomic E-state index is 11.0. The summed E-state index contributed by atoms with van der Waals surface area (Å²) in [4.78, 5) is 21.5. The molecule has 0 bridgehead atoms. The van der Waals surface area contributed by atoms with Crippen LogP contribution in [0.4, 0.5) is 0 Å². The van der Waals surface area contributed by atoms with Gasteiger partial charge in [-0.05, 0) is 6.07 Å². The number of aldehydes is 1. The van der Waals surface area contributed by atoms with Crippen molar-refractivity contribution in [3.63, 3.8) is 0 Å². The predicted octanol–water partition coefficient (Wildman–Crippen LogP) is 1.81. The molecule has 0 spiro atoms. The van der Waals surface area contributed by atoms with Crippen molar-refractivity contribution in [2.75, 3.05) is 0 Å². The number of esters is 1. The minimum Gasteiger partial charge on any atom is -0.424 e. The number of halogens is 1. The molecule has 1 aromatic heterocycles. The summed E-state index contributed by atoms with van der Waals surface area (Å²) in [6, 6.07) is 3.21. The van der Waals surface area contributed by atoms with Gasteiger partial charge in [-0.1, -0.05) is 11.6 Å². The molecule has 0 saturated carbocycles. The van der Waals surface area contributed by atoms with Crippen molar-refractivity contribution in [3.05, 3.63) is 23.4 Å². The molecule has 6 heteroatoms. The largest absolute Gasteiger partial charge is 0.424 e. The molecule has 0 radical (unpaired) electrons. The molecule has 5 nitrogen and oxygen atoms in total. The molecule has 0 fully saturated rings. The third-order valence-electron chi connectivity index (χ3n) is 2.16. The third-order valence-corrected chi connectivity index (χ3v) is 2.38. The van der Waals surface area contributed by atoms with Crippen LogP contribution in [-0.4, -0.2) is 22.0 Å². The van der Waals surface area contributed by atoms with Gasteiger partial charge in [-0.15, -0.1) is 0 Å².